The number of amides is 2. The van der Waals surface area contributed by atoms with Crippen molar-refractivity contribution < 1.29 is 9.59 Å². The number of carbonyl (C=O) groups excluding carboxylic acids is 2. The molecule has 0 saturated carbocycles. The first kappa shape index (κ1) is 18.4. The Morgan fingerprint density at radius 1 is 1.27 bits per heavy atom. The molecule has 3 rings (SSSR count). The summed E-state index contributed by atoms with van der Waals surface area (Å²) >= 11 is 1.60. The maximum Gasteiger partial charge on any atom is 0.255 e. The van der Waals surface area contributed by atoms with E-state index in [1.54, 1.807) is 39.8 Å². The molecule has 2 amide bonds. The van der Waals surface area contributed by atoms with Crippen LogP contribution in [0.3, 0.4) is 0 Å². The van der Waals surface area contributed by atoms with E-state index >= 15 is 0 Å². The van der Waals surface area contributed by atoms with Crippen LogP contribution in [-0.4, -0.2) is 54.7 Å². The minimum absolute atomic E-state index is 0.0985. The molecule has 138 valence electrons. The van der Waals surface area contributed by atoms with E-state index < -0.39 is 6.04 Å². The molecule has 1 aromatic carbocycles. The third kappa shape index (κ3) is 4.43. The molecule has 7 nitrogen and oxygen atoms in total. The zero-order valence-electron chi connectivity index (χ0n) is 15.2. The summed E-state index contributed by atoms with van der Waals surface area (Å²) in [6.07, 6.45) is 3.14. The van der Waals surface area contributed by atoms with Gasteiger partial charge in [0, 0.05) is 16.9 Å². The minimum atomic E-state index is -0.429. The van der Waals surface area contributed by atoms with E-state index in [2.05, 4.69) is 15.4 Å². The number of thioether (sulfide) groups is 1. The number of hydrogen-bond acceptors (Lipinski definition) is 5. The number of nitrogens with one attached hydrogen (secondary N) is 1. The van der Waals surface area contributed by atoms with Crippen LogP contribution in [0.25, 0.3) is 0 Å². The van der Waals surface area contributed by atoms with Gasteiger partial charge in [-0.15, -0.1) is 11.8 Å². The average molecular weight is 373 g/mol. The Labute approximate surface area is 157 Å². The van der Waals surface area contributed by atoms with Crippen LogP contribution in [0.15, 0.2) is 36.9 Å². The van der Waals surface area contributed by atoms with E-state index in [1.165, 1.54) is 6.33 Å². The lowest BCUT2D eigenvalue weighted by Gasteiger charge is -2.27. The molecule has 26 heavy (non-hydrogen) atoms. The second kappa shape index (κ2) is 7.49. The van der Waals surface area contributed by atoms with Gasteiger partial charge in [-0.05, 0) is 38.5 Å². The largest absolute Gasteiger partial charge is 0.350 e. The summed E-state index contributed by atoms with van der Waals surface area (Å²) < 4.78 is 1.72. The Morgan fingerprint density at radius 3 is 2.62 bits per heavy atom. The van der Waals surface area contributed by atoms with Crippen molar-refractivity contribution in [2.45, 2.75) is 38.9 Å². The van der Waals surface area contributed by atoms with Gasteiger partial charge in [0.2, 0.25) is 5.91 Å². The van der Waals surface area contributed by atoms with Gasteiger partial charge in [0.05, 0.1) is 12.4 Å². The first-order chi connectivity index (χ1) is 12.3. The predicted octanol–water partition coefficient (Wildman–Crippen LogP) is 1.76. The Morgan fingerprint density at radius 2 is 2.00 bits per heavy atom. The molecule has 0 bridgehead atoms. The summed E-state index contributed by atoms with van der Waals surface area (Å²) in [6.45, 7) is 6.41. The van der Waals surface area contributed by atoms with E-state index in [-0.39, 0.29) is 17.4 Å². The van der Waals surface area contributed by atoms with Crippen LogP contribution in [0.2, 0.25) is 0 Å². The van der Waals surface area contributed by atoms with Crippen molar-refractivity contribution in [2.75, 3.05) is 11.6 Å². The molecule has 1 atom stereocenters. The number of nitrogens with zero attached hydrogens (tertiary/aromatic N) is 4. The summed E-state index contributed by atoms with van der Waals surface area (Å²) in [6, 6.07) is 6.98. The lowest BCUT2D eigenvalue weighted by Crippen LogP contribution is -2.52. The number of hydrogen-bond donors (Lipinski definition) is 1. The lowest BCUT2D eigenvalue weighted by atomic mass is 10.1. The third-order valence-electron chi connectivity index (χ3n) is 3.96. The molecule has 1 N–H and O–H groups in total. The Balaban J connectivity index is 1.68. The van der Waals surface area contributed by atoms with E-state index in [4.69, 9.17) is 0 Å². The second-order valence-corrected chi connectivity index (χ2v) is 8.32. The fourth-order valence-electron chi connectivity index (χ4n) is 2.73. The average Bonchev–Trinajstić information content (AvgIpc) is 3.24. The van der Waals surface area contributed by atoms with Gasteiger partial charge in [0.25, 0.3) is 5.91 Å². The van der Waals surface area contributed by atoms with Gasteiger partial charge in [-0.2, -0.15) is 5.10 Å². The van der Waals surface area contributed by atoms with E-state index in [9.17, 15) is 9.59 Å². The van der Waals surface area contributed by atoms with Gasteiger partial charge in [-0.3, -0.25) is 9.59 Å². The summed E-state index contributed by atoms with van der Waals surface area (Å²) in [5.41, 5.74) is 1.30. The third-order valence-corrected chi connectivity index (χ3v) is 4.97. The summed E-state index contributed by atoms with van der Waals surface area (Å²) in [5.74, 6) is 0.940. The maximum atomic E-state index is 12.9. The smallest absolute Gasteiger partial charge is 0.255 e. The Bertz CT molecular complexity index is 768. The number of carbonyl (C=O) groups is 2. The molecule has 2 aromatic rings. The quantitative estimate of drug-likeness (QED) is 0.883. The summed E-state index contributed by atoms with van der Waals surface area (Å²) in [7, 11) is 0. The van der Waals surface area contributed by atoms with E-state index in [0.29, 0.717) is 23.7 Å². The second-order valence-electron chi connectivity index (χ2n) is 7.32. The van der Waals surface area contributed by atoms with Gasteiger partial charge in [-0.25, -0.2) is 9.67 Å². The SMILES string of the molecule is CC(C)(C)NC(=O)C1CSCN1C(=O)c1ccc(Cn2cncn2)cc1. The molecule has 8 heteroatoms. The van der Waals surface area contributed by atoms with Crippen molar-refractivity contribution >= 4 is 23.6 Å². The molecule has 0 spiro atoms. The topological polar surface area (TPSA) is 80.1 Å². The first-order valence-electron chi connectivity index (χ1n) is 8.45. The highest BCUT2D eigenvalue weighted by molar-refractivity contribution is 7.99. The summed E-state index contributed by atoms with van der Waals surface area (Å²) in [5, 5.41) is 7.04. The molecule has 1 aliphatic heterocycles. The van der Waals surface area contributed by atoms with E-state index in [1.807, 2.05) is 32.9 Å². The Kier molecular flexibility index (Phi) is 5.31. The van der Waals surface area contributed by atoms with Crippen LogP contribution in [-0.2, 0) is 11.3 Å². The molecule has 0 aliphatic carbocycles. The van der Waals surface area contributed by atoms with Gasteiger partial charge < -0.3 is 10.2 Å². The molecular formula is C18H23N5O2S. The minimum Gasteiger partial charge on any atom is -0.350 e. The van der Waals surface area contributed by atoms with Crippen molar-refractivity contribution in [1.29, 1.82) is 0 Å². The zero-order chi connectivity index (χ0) is 18.7. The lowest BCUT2D eigenvalue weighted by molar-refractivity contribution is -0.125. The number of benzene rings is 1. The van der Waals surface area contributed by atoms with Gasteiger partial charge >= 0.3 is 0 Å². The highest BCUT2D eigenvalue weighted by Gasteiger charge is 2.36. The number of aromatic nitrogens is 3. The van der Waals surface area contributed by atoms with Crippen LogP contribution in [0, 0.1) is 0 Å². The monoisotopic (exact) mass is 373 g/mol. The van der Waals surface area contributed by atoms with Crippen LogP contribution in [0.4, 0.5) is 0 Å². The molecule has 1 unspecified atom stereocenters. The van der Waals surface area contributed by atoms with Crippen molar-refractivity contribution in [3.8, 4) is 0 Å². The maximum absolute atomic E-state index is 12.9. The Hall–Kier alpha value is -2.35. The fourth-order valence-corrected chi connectivity index (χ4v) is 3.89. The fraction of sp³-hybridized carbons (Fsp3) is 0.444. The predicted molar refractivity (Wildman–Crippen MR) is 101 cm³/mol. The first-order valence-corrected chi connectivity index (χ1v) is 9.61. The van der Waals surface area contributed by atoms with E-state index in [0.717, 1.165) is 5.56 Å². The molecule has 1 aliphatic rings. The summed E-state index contributed by atoms with van der Waals surface area (Å²) in [4.78, 5) is 30.9. The standard InChI is InChI=1S/C18H23N5O2S/c1-18(2,3)21-16(24)15-9-26-12-23(15)17(25)14-6-4-13(5-7-14)8-22-11-19-10-20-22/h4-7,10-11,15H,8-9,12H2,1-3H3,(H,21,24). The zero-order valence-corrected chi connectivity index (χ0v) is 16.0. The molecule has 1 aromatic heterocycles. The highest BCUT2D eigenvalue weighted by atomic mass is 32.2. The molecule has 2 heterocycles. The van der Waals surface area contributed by atoms with Crippen molar-refractivity contribution in [3.63, 3.8) is 0 Å². The van der Waals surface area contributed by atoms with Gasteiger partial charge in [-0.1, -0.05) is 12.1 Å². The van der Waals surface area contributed by atoms with Gasteiger partial charge in [0.15, 0.2) is 0 Å². The molecule has 1 saturated heterocycles. The normalized spacial score (nSPS) is 17.3. The van der Waals surface area contributed by atoms with Gasteiger partial charge in [0.1, 0.15) is 18.7 Å². The van der Waals surface area contributed by atoms with Crippen LogP contribution in [0.1, 0.15) is 36.7 Å². The molecule has 1 fully saturated rings. The van der Waals surface area contributed by atoms with Crippen molar-refractivity contribution in [2.24, 2.45) is 0 Å². The van der Waals surface area contributed by atoms with Crippen LogP contribution < -0.4 is 5.32 Å². The van der Waals surface area contributed by atoms with Crippen molar-refractivity contribution in [1.82, 2.24) is 25.0 Å². The molecule has 0 radical (unpaired) electrons. The highest BCUT2D eigenvalue weighted by Crippen LogP contribution is 2.24. The van der Waals surface area contributed by atoms with Crippen molar-refractivity contribution in [3.05, 3.63) is 48.0 Å². The van der Waals surface area contributed by atoms with Crippen LogP contribution in [0.5, 0.6) is 0 Å². The molecular weight excluding hydrogens is 350 g/mol. The van der Waals surface area contributed by atoms with Crippen LogP contribution >= 0.6 is 11.8 Å². The number of rotatable bonds is 4.